The van der Waals surface area contributed by atoms with Crippen molar-refractivity contribution in [3.05, 3.63) is 18.0 Å². The van der Waals surface area contributed by atoms with Crippen LogP contribution in [0.2, 0.25) is 0 Å². The molecule has 0 spiro atoms. The predicted octanol–water partition coefficient (Wildman–Crippen LogP) is 2.27. The van der Waals surface area contributed by atoms with E-state index in [0.29, 0.717) is 12.5 Å². The highest BCUT2D eigenvalue weighted by atomic mass is 16.4. The molecule has 3 unspecified atom stereocenters. The van der Waals surface area contributed by atoms with E-state index in [-0.39, 0.29) is 0 Å². The Morgan fingerprint density at radius 2 is 2.14 bits per heavy atom. The van der Waals surface area contributed by atoms with Gasteiger partial charge in [0.15, 0.2) is 0 Å². The molecule has 3 aliphatic carbocycles. The Hall–Kier alpha value is -1.36. The summed E-state index contributed by atoms with van der Waals surface area (Å²) in [7, 11) is 0. The summed E-state index contributed by atoms with van der Waals surface area (Å²) in [5, 5.41) is 17.2. The smallest absolute Gasteiger partial charge is 0.320 e. The molecule has 0 aliphatic heterocycles. The standard InChI is InChI=1S/C17H25N3O2/c21-17(22)16(14-7-12-6-13(12)8-14)18-9-15-4-5-19-20(15)10-11-2-1-3-11/h4-5,11-14,16,18H,1-3,6-10H2,(H,21,22). The summed E-state index contributed by atoms with van der Waals surface area (Å²) >= 11 is 0. The third kappa shape index (κ3) is 2.78. The molecule has 5 heteroatoms. The van der Waals surface area contributed by atoms with Gasteiger partial charge in [-0.1, -0.05) is 6.42 Å². The van der Waals surface area contributed by atoms with E-state index < -0.39 is 12.0 Å². The first kappa shape index (κ1) is 14.2. The van der Waals surface area contributed by atoms with Crippen molar-refractivity contribution < 1.29 is 9.90 Å². The van der Waals surface area contributed by atoms with E-state index in [0.717, 1.165) is 42.8 Å². The van der Waals surface area contributed by atoms with Gasteiger partial charge < -0.3 is 5.11 Å². The summed E-state index contributed by atoms with van der Waals surface area (Å²) in [4.78, 5) is 11.6. The quantitative estimate of drug-likeness (QED) is 0.811. The maximum Gasteiger partial charge on any atom is 0.320 e. The Balaban J connectivity index is 1.35. The lowest BCUT2D eigenvalue weighted by Crippen LogP contribution is -2.42. The predicted molar refractivity (Wildman–Crippen MR) is 82.2 cm³/mol. The van der Waals surface area contributed by atoms with E-state index in [2.05, 4.69) is 15.1 Å². The van der Waals surface area contributed by atoms with Gasteiger partial charge in [-0.2, -0.15) is 5.10 Å². The number of aliphatic carboxylic acids is 1. The maximum absolute atomic E-state index is 11.6. The van der Waals surface area contributed by atoms with Crippen LogP contribution in [0.1, 0.15) is 44.2 Å². The lowest BCUT2D eigenvalue weighted by atomic mass is 9.85. The lowest BCUT2D eigenvalue weighted by Gasteiger charge is -2.26. The molecule has 0 amide bonds. The Kier molecular flexibility index (Phi) is 3.68. The van der Waals surface area contributed by atoms with Crippen molar-refractivity contribution >= 4 is 5.97 Å². The minimum absolute atomic E-state index is 0.309. The number of aromatic nitrogens is 2. The third-order valence-electron chi connectivity index (χ3n) is 5.98. The number of carboxylic acid groups (broad SMARTS) is 1. The number of nitrogens with one attached hydrogen (secondary N) is 1. The monoisotopic (exact) mass is 303 g/mol. The van der Waals surface area contributed by atoms with Gasteiger partial charge in [-0.15, -0.1) is 0 Å². The summed E-state index contributed by atoms with van der Waals surface area (Å²) in [5.74, 6) is 2.01. The first-order chi connectivity index (χ1) is 10.7. The molecular weight excluding hydrogens is 278 g/mol. The minimum Gasteiger partial charge on any atom is -0.480 e. The van der Waals surface area contributed by atoms with Gasteiger partial charge >= 0.3 is 5.97 Å². The molecule has 3 aliphatic rings. The van der Waals surface area contributed by atoms with Crippen molar-refractivity contribution in [2.75, 3.05) is 0 Å². The zero-order valence-electron chi connectivity index (χ0n) is 12.9. The molecule has 3 saturated carbocycles. The molecule has 0 saturated heterocycles. The number of fused-ring (bicyclic) bond motifs is 1. The molecule has 1 aromatic heterocycles. The SMILES string of the molecule is O=C(O)C(NCc1ccnn1CC1CCC1)C1CC2CC2C1. The van der Waals surface area contributed by atoms with Crippen LogP contribution in [0.3, 0.4) is 0 Å². The molecule has 1 aromatic rings. The second-order valence-electron chi connectivity index (χ2n) is 7.49. The second-order valence-corrected chi connectivity index (χ2v) is 7.49. The van der Waals surface area contributed by atoms with Crippen LogP contribution in [-0.2, 0) is 17.9 Å². The maximum atomic E-state index is 11.6. The molecule has 1 heterocycles. The highest BCUT2D eigenvalue weighted by Crippen LogP contribution is 2.55. The van der Waals surface area contributed by atoms with Crippen LogP contribution >= 0.6 is 0 Å². The van der Waals surface area contributed by atoms with Crippen molar-refractivity contribution in [3.8, 4) is 0 Å². The molecule has 0 aromatic carbocycles. The third-order valence-corrected chi connectivity index (χ3v) is 5.98. The summed E-state index contributed by atoms with van der Waals surface area (Å²) in [6.07, 6.45) is 9.29. The number of hydrogen-bond acceptors (Lipinski definition) is 3. The van der Waals surface area contributed by atoms with Crippen molar-refractivity contribution in [2.45, 2.75) is 57.7 Å². The molecule has 2 N–H and O–H groups in total. The molecule has 3 fully saturated rings. The van der Waals surface area contributed by atoms with Crippen molar-refractivity contribution in [1.82, 2.24) is 15.1 Å². The Labute approximate surface area is 131 Å². The van der Waals surface area contributed by atoms with Crippen LogP contribution in [0, 0.1) is 23.7 Å². The van der Waals surface area contributed by atoms with Crippen LogP contribution in [0.5, 0.6) is 0 Å². The van der Waals surface area contributed by atoms with E-state index in [1.807, 2.05) is 12.3 Å². The highest BCUT2D eigenvalue weighted by molar-refractivity contribution is 5.74. The average molecular weight is 303 g/mol. The number of carboxylic acids is 1. The zero-order valence-corrected chi connectivity index (χ0v) is 12.9. The van der Waals surface area contributed by atoms with E-state index in [4.69, 9.17) is 0 Å². The molecule has 120 valence electrons. The highest BCUT2D eigenvalue weighted by Gasteiger charge is 2.49. The van der Waals surface area contributed by atoms with Gasteiger partial charge in [0.05, 0.1) is 5.69 Å². The van der Waals surface area contributed by atoms with E-state index >= 15 is 0 Å². The number of carbonyl (C=O) groups is 1. The molecule has 5 nitrogen and oxygen atoms in total. The van der Waals surface area contributed by atoms with Crippen LogP contribution in [0.15, 0.2) is 12.3 Å². The summed E-state index contributed by atoms with van der Waals surface area (Å²) in [6, 6.07) is 1.61. The van der Waals surface area contributed by atoms with Gasteiger partial charge in [0.2, 0.25) is 0 Å². The van der Waals surface area contributed by atoms with Crippen molar-refractivity contribution in [1.29, 1.82) is 0 Å². The van der Waals surface area contributed by atoms with Crippen LogP contribution < -0.4 is 5.32 Å². The molecule has 0 radical (unpaired) electrons. The fraction of sp³-hybridized carbons (Fsp3) is 0.765. The first-order valence-electron chi connectivity index (χ1n) is 8.67. The average Bonchev–Trinajstić information content (AvgIpc) is 2.85. The number of rotatable bonds is 7. The fourth-order valence-electron chi connectivity index (χ4n) is 4.30. The van der Waals surface area contributed by atoms with Gasteiger partial charge in [-0.3, -0.25) is 14.8 Å². The fourth-order valence-corrected chi connectivity index (χ4v) is 4.30. The molecule has 3 atom stereocenters. The first-order valence-corrected chi connectivity index (χ1v) is 8.67. The Morgan fingerprint density at radius 1 is 1.36 bits per heavy atom. The number of nitrogens with zero attached hydrogens (tertiary/aromatic N) is 2. The van der Waals surface area contributed by atoms with Crippen LogP contribution in [0.25, 0.3) is 0 Å². The summed E-state index contributed by atoms with van der Waals surface area (Å²) < 4.78 is 2.06. The van der Waals surface area contributed by atoms with Gasteiger partial charge in [0, 0.05) is 19.3 Å². The van der Waals surface area contributed by atoms with E-state index in [1.165, 1.54) is 25.7 Å². The largest absolute Gasteiger partial charge is 0.480 e. The van der Waals surface area contributed by atoms with Crippen LogP contribution in [-0.4, -0.2) is 26.9 Å². The second kappa shape index (κ2) is 5.69. The molecule has 22 heavy (non-hydrogen) atoms. The van der Waals surface area contributed by atoms with Gasteiger partial charge in [0.1, 0.15) is 6.04 Å². The zero-order chi connectivity index (χ0) is 15.1. The Morgan fingerprint density at radius 3 is 2.77 bits per heavy atom. The molecule has 4 rings (SSSR count). The van der Waals surface area contributed by atoms with Gasteiger partial charge in [-0.25, -0.2) is 0 Å². The Bertz CT molecular complexity index is 542. The van der Waals surface area contributed by atoms with E-state index in [1.54, 1.807) is 0 Å². The van der Waals surface area contributed by atoms with Crippen molar-refractivity contribution in [3.63, 3.8) is 0 Å². The summed E-state index contributed by atoms with van der Waals surface area (Å²) in [5.41, 5.74) is 1.11. The normalized spacial score (nSPS) is 31.5. The van der Waals surface area contributed by atoms with Crippen LogP contribution in [0.4, 0.5) is 0 Å². The van der Waals surface area contributed by atoms with Gasteiger partial charge in [-0.05, 0) is 61.8 Å². The topological polar surface area (TPSA) is 67.2 Å². The minimum atomic E-state index is -0.698. The van der Waals surface area contributed by atoms with E-state index in [9.17, 15) is 9.90 Å². The summed E-state index contributed by atoms with van der Waals surface area (Å²) in [6.45, 7) is 1.59. The molecule has 0 bridgehead atoms. The van der Waals surface area contributed by atoms with Crippen molar-refractivity contribution in [2.24, 2.45) is 23.7 Å². The van der Waals surface area contributed by atoms with Gasteiger partial charge in [0.25, 0.3) is 0 Å². The lowest BCUT2D eigenvalue weighted by molar-refractivity contribution is -0.141. The molecular formula is C17H25N3O2. The number of hydrogen-bond donors (Lipinski definition) is 2.